The van der Waals surface area contributed by atoms with Crippen molar-refractivity contribution < 1.29 is 10.2 Å². The highest BCUT2D eigenvalue weighted by molar-refractivity contribution is 5.66. The second-order valence-electron chi connectivity index (χ2n) is 5.52. The Hall–Kier alpha value is -1.44. The van der Waals surface area contributed by atoms with Crippen LogP contribution in [0.1, 0.15) is 53.4 Å². The largest absolute Gasteiger partial charge is 0.507 e. The summed E-state index contributed by atoms with van der Waals surface area (Å²) in [4.78, 5) is 0. The molecule has 0 aromatic heterocycles. The molecule has 0 amide bonds. The van der Waals surface area contributed by atoms with Crippen LogP contribution in [0.3, 0.4) is 0 Å². The van der Waals surface area contributed by atoms with Crippen molar-refractivity contribution in [3.05, 3.63) is 34.4 Å². The molecule has 0 saturated heterocycles. The van der Waals surface area contributed by atoms with Gasteiger partial charge in [0.15, 0.2) is 0 Å². The minimum Gasteiger partial charge on any atom is -0.507 e. The maximum atomic E-state index is 10.5. The summed E-state index contributed by atoms with van der Waals surface area (Å²) in [5.41, 5.74) is 4.09. The molecular formula is C15H16O2. The average molecular weight is 228 g/mol. The normalized spacial score (nSPS) is 28.2. The van der Waals surface area contributed by atoms with Crippen molar-refractivity contribution in [2.45, 2.75) is 43.9 Å². The van der Waals surface area contributed by atoms with Crippen LogP contribution in [0.25, 0.3) is 0 Å². The lowest BCUT2D eigenvalue weighted by molar-refractivity contribution is 0.430. The quantitative estimate of drug-likeness (QED) is 0.529. The predicted molar refractivity (Wildman–Crippen MR) is 65.7 cm³/mol. The van der Waals surface area contributed by atoms with Gasteiger partial charge in [0.1, 0.15) is 11.5 Å². The minimum atomic E-state index is 0.341. The topological polar surface area (TPSA) is 40.5 Å². The summed E-state index contributed by atoms with van der Waals surface area (Å²) in [5.74, 6) is 1.66. The first-order valence-corrected chi connectivity index (χ1v) is 6.55. The Morgan fingerprint density at radius 3 is 1.76 bits per heavy atom. The van der Waals surface area contributed by atoms with Crippen LogP contribution in [0.15, 0.2) is 12.2 Å². The Morgan fingerprint density at radius 1 is 0.824 bits per heavy atom. The van der Waals surface area contributed by atoms with Crippen LogP contribution in [0.2, 0.25) is 0 Å². The number of aromatic hydroxyl groups is 2. The first-order valence-electron chi connectivity index (χ1n) is 6.55. The Balaban J connectivity index is 2.04. The molecule has 4 rings (SSSR count). The van der Waals surface area contributed by atoms with Gasteiger partial charge in [0, 0.05) is 34.1 Å². The molecule has 2 N–H and O–H groups in total. The number of hydrogen-bond donors (Lipinski definition) is 2. The van der Waals surface area contributed by atoms with Crippen LogP contribution < -0.4 is 0 Å². The maximum absolute atomic E-state index is 10.5. The van der Waals surface area contributed by atoms with E-state index in [1.807, 2.05) is 0 Å². The Morgan fingerprint density at radius 2 is 1.29 bits per heavy atom. The van der Waals surface area contributed by atoms with Gasteiger partial charge in [0.25, 0.3) is 0 Å². The zero-order chi connectivity index (χ0) is 11.6. The fourth-order valence-corrected chi connectivity index (χ4v) is 3.89. The van der Waals surface area contributed by atoms with Crippen molar-refractivity contribution in [3.63, 3.8) is 0 Å². The molecular weight excluding hydrogens is 212 g/mol. The maximum Gasteiger partial charge on any atom is 0.123 e. The van der Waals surface area contributed by atoms with Gasteiger partial charge in [-0.25, -0.2) is 0 Å². The van der Waals surface area contributed by atoms with Gasteiger partial charge in [-0.1, -0.05) is 12.2 Å². The summed E-state index contributed by atoms with van der Waals surface area (Å²) in [5, 5.41) is 20.9. The number of phenols is 2. The van der Waals surface area contributed by atoms with Gasteiger partial charge in [-0.2, -0.15) is 0 Å². The summed E-state index contributed by atoms with van der Waals surface area (Å²) in [7, 11) is 0. The van der Waals surface area contributed by atoms with Crippen LogP contribution in [-0.2, 0) is 12.8 Å². The van der Waals surface area contributed by atoms with Crippen molar-refractivity contribution in [3.8, 4) is 11.5 Å². The van der Waals surface area contributed by atoms with Gasteiger partial charge in [-0.3, -0.25) is 0 Å². The molecule has 0 heterocycles. The summed E-state index contributed by atoms with van der Waals surface area (Å²) < 4.78 is 0. The molecule has 0 spiro atoms. The van der Waals surface area contributed by atoms with E-state index in [1.54, 1.807) is 0 Å². The summed E-state index contributed by atoms with van der Waals surface area (Å²) in [6, 6.07) is 0. The molecule has 2 atom stereocenters. The third-order valence-corrected chi connectivity index (χ3v) is 4.67. The second kappa shape index (κ2) is 3.06. The fourth-order valence-electron chi connectivity index (χ4n) is 3.89. The zero-order valence-electron chi connectivity index (χ0n) is 9.74. The SMILES string of the molecule is Oc1c2c(c(O)c3c1C1C=CC3C1)CCCC2. The summed E-state index contributed by atoms with van der Waals surface area (Å²) in [6.07, 6.45) is 9.50. The lowest BCUT2D eigenvalue weighted by Gasteiger charge is -2.24. The number of fused-ring (bicyclic) bond motifs is 6. The monoisotopic (exact) mass is 228 g/mol. The smallest absolute Gasteiger partial charge is 0.123 e. The molecule has 3 aliphatic rings. The van der Waals surface area contributed by atoms with Crippen LogP contribution in [0, 0.1) is 0 Å². The Bertz CT molecular complexity index is 496. The third kappa shape index (κ3) is 1.06. The number of rotatable bonds is 0. The van der Waals surface area contributed by atoms with Crippen molar-refractivity contribution in [2.75, 3.05) is 0 Å². The van der Waals surface area contributed by atoms with Gasteiger partial charge in [0.2, 0.25) is 0 Å². The van der Waals surface area contributed by atoms with Gasteiger partial charge in [-0.05, 0) is 32.1 Å². The average Bonchev–Trinajstić information content (AvgIpc) is 2.96. The van der Waals surface area contributed by atoms with E-state index in [2.05, 4.69) is 12.2 Å². The molecule has 0 radical (unpaired) electrons. The van der Waals surface area contributed by atoms with E-state index in [0.29, 0.717) is 23.3 Å². The fraction of sp³-hybridized carbons (Fsp3) is 0.467. The molecule has 0 fully saturated rings. The van der Waals surface area contributed by atoms with Crippen molar-refractivity contribution in [1.82, 2.24) is 0 Å². The first kappa shape index (κ1) is 9.58. The lowest BCUT2D eigenvalue weighted by Crippen LogP contribution is -2.08. The van der Waals surface area contributed by atoms with E-state index in [-0.39, 0.29) is 0 Å². The second-order valence-corrected chi connectivity index (χ2v) is 5.52. The standard InChI is InChI=1S/C15H16O2/c16-14-10-3-1-2-4-11(10)15(17)13-9-6-5-8(7-9)12(13)14/h5-6,8-9,16-17H,1-4,7H2. The van der Waals surface area contributed by atoms with Crippen LogP contribution in [0.5, 0.6) is 11.5 Å². The van der Waals surface area contributed by atoms with Crippen LogP contribution in [0.4, 0.5) is 0 Å². The van der Waals surface area contributed by atoms with Gasteiger partial charge < -0.3 is 10.2 Å². The molecule has 3 aliphatic carbocycles. The van der Waals surface area contributed by atoms with Crippen LogP contribution in [-0.4, -0.2) is 10.2 Å². The van der Waals surface area contributed by atoms with Crippen LogP contribution >= 0.6 is 0 Å². The first-order chi connectivity index (χ1) is 8.27. The van der Waals surface area contributed by atoms with Crippen molar-refractivity contribution in [1.29, 1.82) is 0 Å². The van der Waals surface area contributed by atoms with Gasteiger partial charge >= 0.3 is 0 Å². The molecule has 1 aromatic rings. The third-order valence-electron chi connectivity index (χ3n) is 4.67. The summed E-state index contributed by atoms with van der Waals surface area (Å²) in [6.45, 7) is 0. The lowest BCUT2D eigenvalue weighted by atomic mass is 9.83. The molecule has 2 nitrogen and oxygen atoms in total. The predicted octanol–water partition coefficient (Wildman–Crippen LogP) is 3.12. The summed E-state index contributed by atoms with van der Waals surface area (Å²) >= 11 is 0. The highest BCUT2D eigenvalue weighted by Crippen LogP contribution is 2.57. The Kier molecular flexibility index (Phi) is 1.73. The molecule has 2 unspecified atom stereocenters. The van der Waals surface area contributed by atoms with Gasteiger partial charge in [-0.15, -0.1) is 0 Å². The molecule has 2 heteroatoms. The van der Waals surface area contributed by atoms with E-state index in [4.69, 9.17) is 0 Å². The molecule has 88 valence electrons. The molecule has 1 aromatic carbocycles. The van der Waals surface area contributed by atoms with E-state index in [0.717, 1.165) is 54.4 Å². The molecule has 17 heavy (non-hydrogen) atoms. The highest BCUT2D eigenvalue weighted by Gasteiger charge is 2.39. The minimum absolute atomic E-state index is 0.341. The van der Waals surface area contributed by atoms with E-state index in [9.17, 15) is 10.2 Å². The molecule has 0 saturated carbocycles. The molecule has 2 bridgehead atoms. The van der Waals surface area contributed by atoms with E-state index in [1.165, 1.54) is 0 Å². The number of allylic oxidation sites excluding steroid dienone is 2. The molecule has 0 aliphatic heterocycles. The van der Waals surface area contributed by atoms with Crippen molar-refractivity contribution in [2.24, 2.45) is 0 Å². The Labute approximate surface area is 101 Å². The number of hydrogen-bond acceptors (Lipinski definition) is 2. The van der Waals surface area contributed by atoms with Crippen molar-refractivity contribution >= 4 is 0 Å². The van der Waals surface area contributed by atoms with E-state index >= 15 is 0 Å². The highest BCUT2D eigenvalue weighted by atomic mass is 16.3. The van der Waals surface area contributed by atoms with E-state index < -0.39 is 0 Å². The number of benzene rings is 1. The van der Waals surface area contributed by atoms with Gasteiger partial charge in [0.05, 0.1) is 0 Å². The zero-order valence-corrected chi connectivity index (χ0v) is 9.74. The number of phenolic OH excluding ortho intramolecular Hbond substituents is 2.